The van der Waals surface area contributed by atoms with Crippen molar-refractivity contribution in [2.24, 2.45) is 5.92 Å². The highest BCUT2D eigenvalue weighted by Crippen LogP contribution is 2.32. The molecule has 3 amide bonds. The van der Waals surface area contributed by atoms with Crippen LogP contribution in [0.2, 0.25) is 0 Å². The number of thiazole rings is 1. The van der Waals surface area contributed by atoms with Gasteiger partial charge in [-0.25, -0.2) is 9.78 Å². The fraction of sp³-hybridized carbons (Fsp3) is 0.667. The number of likely N-dealkylation sites (tertiary alicyclic amines) is 1. The maximum atomic E-state index is 11.8. The zero-order chi connectivity index (χ0) is 15.5. The summed E-state index contributed by atoms with van der Waals surface area (Å²) in [5, 5.41) is 8.74. The highest BCUT2D eigenvalue weighted by Gasteiger charge is 2.39. The molecule has 0 bridgehead atoms. The summed E-state index contributed by atoms with van der Waals surface area (Å²) in [4.78, 5) is 30.0. The van der Waals surface area contributed by atoms with Crippen molar-refractivity contribution in [2.45, 2.75) is 45.2 Å². The summed E-state index contributed by atoms with van der Waals surface area (Å²) >= 11 is 1.62. The molecule has 22 heavy (non-hydrogen) atoms. The van der Waals surface area contributed by atoms with Crippen molar-refractivity contribution in [1.82, 2.24) is 20.5 Å². The predicted molar refractivity (Wildman–Crippen MR) is 84.6 cm³/mol. The van der Waals surface area contributed by atoms with Crippen molar-refractivity contribution < 1.29 is 9.59 Å². The lowest BCUT2D eigenvalue weighted by molar-refractivity contribution is -0.128. The molecule has 1 atom stereocenters. The lowest BCUT2D eigenvalue weighted by Crippen LogP contribution is -2.38. The summed E-state index contributed by atoms with van der Waals surface area (Å²) in [5.74, 6) is 0.481. The first-order valence-corrected chi connectivity index (χ1v) is 8.78. The first-order chi connectivity index (χ1) is 10.7. The molecule has 1 aromatic rings. The Morgan fingerprint density at radius 1 is 1.45 bits per heavy atom. The molecule has 1 saturated heterocycles. The van der Waals surface area contributed by atoms with E-state index in [4.69, 9.17) is 0 Å². The largest absolute Gasteiger partial charge is 0.339 e. The Balaban J connectivity index is 1.36. The Hall–Kier alpha value is -1.63. The van der Waals surface area contributed by atoms with E-state index < -0.39 is 0 Å². The van der Waals surface area contributed by atoms with Gasteiger partial charge in [0, 0.05) is 36.9 Å². The SMILES string of the molecule is CCc1nc(CNC(=O)NC[C@H]2CC(=O)N(C3CC3)C2)cs1. The zero-order valence-electron chi connectivity index (χ0n) is 12.8. The molecule has 2 fully saturated rings. The fourth-order valence-electron chi connectivity index (χ4n) is 2.75. The van der Waals surface area contributed by atoms with Gasteiger partial charge in [-0.1, -0.05) is 6.92 Å². The molecule has 1 saturated carbocycles. The van der Waals surface area contributed by atoms with E-state index >= 15 is 0 Å². The molecular formula is C15H22N4O2S. The average molecular weight is 322 g/mol. The number of hydrogen-bond donors (Lipinski definition) is 2. The van der Waals surface area contributed by atoms with Gasteiger partial charge in [0.05, 0.1) is 17.2 Å². The molecule has 0 radical (unpaired) electrons. The average Bonchev–Trinajstić information content (AvgIpc) is 3.13. The minimum atomic E-state index is -0.191. The Morgan fingerprint density at radius 3 is 2.95 bits per heavy atom. The maximum absolute atomic E-state index is 11.8. The van der Waals surface area contributed by atoms with Gasteiger partial charge in [-0.2, -0.15) is 0 Å². The number of rotatable bonds is 6. The third-order valence-electron chi connectivity index (χ3n) is 4.11. The molecule has 120 valence electrons. The number of aromatic nitrogens is 1. The Kier molecular flexibility index (Phi) is 4.61. The minimum absolute atomic E-state index is 0.191. The van der Waals surface area contributed by atoms with Crippen LogP contribution in [-0.2, 0) is 17.8 Å². The second kappa shape index (κ2) is 6.64. The van der Waals surface area contributed by atoms with Gasteiger partial charge < -0.3 is 15.5 Å². The smallest absolute Gasteiger partial charge is 0.315 e. The van der Waals surface area contributed by atoms with Gasteiger partial charge >= 0.3 is 6.03 Å². The number of hydrogen-bond acceptors (Lipinski definition) is 4. The first-order valence-electron chi connectivity index (χ1n) is 7.90. The number of amides is 3. The molecule has 1 aromatic heterocycles. The monoisotopic (exact) mass is 322 g/mol. The molecular weight excluding hydrogens is 300 g/mol. The van der Waals surface area contributed by atoms with Crippen LogP contribution in [0.4, 0.5) is 4.79 Å². The van der Waals surface area contributed by atoms with Crippen LogP contribution in [0.25, 0.3) is 0 Å². The van der Waals surface area contributed by atoms with E-state index in [-0.39, 0.29) is 17.9 Å². The van der Waals surface area contributed by atoms with E-state index in [1.807, 2.05) is 10.3 Å². The lowest BCUT2D eigenvalue weighted by Gasteiger charge is -2.15. The third kappa shape index (κ3) is 3.76. The molecule has 1 aliphatic heterocycles. The minimum Gasteiger partial charge on any atom is -0.339 e. The molecule has 7 heteroatoms. The van der Waals surface area contributed by atoms with Gasteiger partial charge in [0.1, 0.15) is 0 Å². The molecule has 0 unspecified atom stereocenters. The first kappa shape index (κ1) is 15.3. The van der Waals surface area contributed by atoms with Crippen molar-refractivity contribution in [3.63, 3.8) is 0 Å². The predicted octanol–water partition coefficient (Wildman–Crippen LogP) is 1.52. The Bertz CT molecular complexity index is 555. The topological polar surface area (TPSA) is 74.3 Å². The lowest BCUT2D eigenvalue weighted by atomic mass is 10.1. The van der Waals surface area contributed by atoms with E-state index in [1.54, 1.807) is 11.3 Å². The molecule has 0 spiro atoms. The number of nitrogens with one attached hydrogen (secondary N) is 2. The van der Waals surface area contributed by atoms with Crippen molar-refractivity contribution in [3.05, 3.63) is 16.1 Å². The summed E-state index contributed by atoms with van der Waals surface area (Å²) in [5.41, 5.74) is 0.896. The number of urea groups is 1. The van der Waals surface area contributed by atoms with Crippen LogP contribution >= 0.6 is 11.3 Å². The van der Waals surface area contributed by atoms with Crippen molar-refractivity contribution >= 4 is 23.3 Å². The van der Waals surface area contributed by atoms with Crippen LogP contribution in [-0.4, -0.2) is 41.0 Å². The zero-order valence-corrected chi connectivity index (χ0v) is 13.6. The second-order valence-corrected chi connectivity index (χ2v) is 6.94. The Morgan fingerprint density at radius 2 is 2.27 bits per heavy atom. The Labute approximate surface area is 134 Å². The van der Waals surface area contributed by atoms with Gasteiger partial charge in [-0.15, -0.1) is 11.3 Å². The number of aryl methyl sites for hydroxylation is 1. The van der Waals surface area contributed by atoms with Crippen molar-refractivity contribution in [2.75, 3.05) is 13.1 Å². The quantitative estimate of drug-likeness (QED) is 0.834. The van der Waals surface area contributed by atoms with E-state index in [0.717, 1.165) is 36.5 Å². The van der Waals surface area contributed by atoms with Gasteiger partial charge in [0.25, 0.3) is 0 Å². The molecule has 1 aliphatic carbocycles. The summed E-state index contributed by atoms with van der Waals surface area (Å²) < 4.78 is 0. The van der Waals surface area contributed by atoms with Crippen LogP contribution < -0.4 is 10.6 Å². The van der Waals surface area contributed by atoms with Crippen molar-refractivity contribution in [1.29, 1.82) is 0 Å². The van der Waals surface area contributed by atoms with E-state index in [9.17, 15) is 9.59 Å². The number of nitrogens with zero attached hydrogens (tertiary/aromatic N) is 2. The number of carbonyl (C=O) groups is 2. The highest BCUT2D eigenvalue weighted by atomic mass is 32.1. The maximum Gasteiger partial charge on any atom is 0.315 e. The summed E-state index contributed by atoms with van der Waals surface area (Å²) in [6.45, 7) is 3.85. The van der Waals surface area contributed by atoms with Gasteiger partial charge in [0.2, 0.25) is 5.91 Å². The van der Waals surface area contributed by atoms with Crippen LogP contribution in [0.1, 0.15) is 36.9 Å². The van der Waals surface area contributed by atoms with Crippen molar-refractivity contribution in [3.8, 4) is 0 Å². The van der Waals surface area contributed by atoms with Gasteiger partial charge in [-0.05, 0) is 19.3 Å². The van der Waals surface area contributed by atoms with E-state index in [1.165, 1.54) is 0 Å². The third-order valence-corrected chi connectivity index (χ3v) is 5.15. The fourth-order valence-corrected chi connectivity index (χ4v) is 3.49. The summed E-state index contributed by atoms with van der Waals surface area (Å²) in [6, 6.07) is 0.284. The molecule has 3 rings (SSSR count). The van der Waals surface area contributed by atoms with Crippen LogP contribution in [0, 0.1) is 5.92 Å². The second-order valence-electron chi connectivity index (χ2n) is 6.00. The number of carbonyl (C=O) groups excluding carboxylic acids is 2. The molecule has 0 aromatic carbocycles. The standard InChI is InChI=1S/C15H22N4O2S/c1-2-13-18-11(9-22-13)7-17-15(21)16-6-10-5-14(20)19(8-10)12-3-4-12/h9-10,12H,2-8H2,1H3,(H2,16,17,21)/t10-/m1/s1. The van der Waals surface area contributed by atoms with Gasteiger partial charge in [-0.3, -0.25) is 4.79 Å². The summed E-state index contributed by atoms with van der Waals surface area (Å²) in [6.07, 6.45) is 3.76. The van der Waals surface area contributed by atoms with E-state index in [0.29, 0.717) is 25.6 Å². The summed E-state index contributed by atoms with van der Waals surface area (Å²) in [7, 11) is 0. The van der Waals surface area contributed by atoms with Crippen LogP contribution in [0.5, 0.6) is 0 Å². The normalized spacial score (nSPS) is 21.2. The molecule has 6 nitrogen and oxygen atoms in total. The van der Waals surface area contributed by atoms with Crippen LogP contribution in [0.3, 0.4) is 0 Å². The van der Waals surface area contributed by atoms with Crippen LogP contribution in [0.15, 0.2) is 5.38 Å². The molecule has 2 N–H and O–H groups in total. The van der Waals surface area contributed by atoms with Gasteiger partial charge in [0.15, 0.2) is 0 Å². The van der Waals surface area contributed by atoms with E-state index in [2.05, 4.69) is 22.5 Å². The highest BCUT2D eigenvalue weighted by molar-refractivity contribution is 7.09. The molecule has 2 aliphatic rings. The molecule has 2 heterocycles.